The van der Waals surface area contributed by atoms with E-state index in [1.165, 1.54) is 0 Å². The summed E-state index contributed by atoms with van der Waals surface area (Å²) in [7, 11) is -2.94. The first-order valence-corrected chi connectivity index (χ1v) is 4.64. The number of rotatable bonds is 0. The Morgan fingerprint density at radius 1 is 1.50 bits per heavy atom. The number of hydrogen-bond acceptors (Lipinski definition) is 3. The molecule has 0 atom stereocenters. The number of phosphoric acid groups is 1. The van der Waals surface area contributed by atoms with Gasteiger partial charge in [0.2, 0.25) is 5.91 Å². The van der Waals surface area contributed by atoms with E-state index in [4.69, 9.17) is 24.7 Å². The fourth-order valence-corrected chi connectivity index (χ4v) is 0.561. The zero-order valence-electron chi connectivity index (χ0n) is 6.76. The number of guanidine groups is 1. The summed E-state index contributed by atoms with van der Waals surface area (Å²) in [6.07, 6.45) is 0. The van der Waals surface area contributed by atoms with Crippen LogP contribution in [0, 0.1) is 5.41 Å². The molecule has 1 rings (SSSR count). The van der Waals surface area contributed by atoms with Crippen LogP contribution in [0.2, 0.25) is 0 Å². The van der Waals surface area contributed by atoms with Crippen molar-refractivity contribution in [3.8, 4) is 0 Å². The molecule has 0 spiro atoms. The van der Waals surface area contributed by atoms with E-state index in [-0.39, 0.29) is 41.4 Å². The van der Waals surface area contributed by atoms with Gasteiger partial charge in [0.15, 0.2) is 5.96 Å². The van der Waals surface area contributed by atoms with Crippen LogP contribution in [0.5, 0.6) is 0 Å². The quantitative estimate of drug-likeness (QED) is 0.231. The second kappa shape index (κ2) is 6.52. The molecule has 0 aromatic heterocycles. The molecular weight excluding hydrogens is 224 g/mol. The molecule has 0 bridgehead atoms. The zero-order valence-corrected chi connectivity index (χ0v) is 7.65. The Morgan fingerprint density at radius 3 is 1.93 bits per heavy atom. The summed E-state index contributed by atoms with van der Waals surface area (Å²) in [6, 6.07) is 0. The van der Waals surface area contributed by atoms with Gasteiger partial charge < -0.3 is 19.6 Å². The Bertz CT molecular complexity index is 257. The number of hydrogen-bond donors (Lipinski definition) is 5. The average Bonchev–Trinajstić information content (AvgIpc) is 2.05. The van der Waals surface area contributed by atoms with Crippen LogP contribution in [-0.2, 0) is 9.36 Å². The molecule has 10 heteroatoms. The Hall–Kier alpha value is 0.0500. The molecule has 1 fully saturated rings. The molecule has 0 saturated carbocycles. The Morgan fingerprint density at radius 2 is 1.86 bits per heavy atom. The summed E-state index contributed by atoms with van der Waals surface area (Å²) in [5.74, 6) is 0.0903. The van der Waals surface area contributed by atoms with Crippen molar-refractivity contribution in [1.82, 2.24) is 10.2 Å². The molecule has 1 heterocycles. The first-order chi connectivity index (χ1) is 5.70. The monoisotopic (exact) mass is 235 g/mol. The summed E-state index contributed by atoms with van der Waals surface area (Å²) in [4.78, 5) is 33.5. The van der Waals surface area contributed by atoms with Crippen LogP contribution in [0.4, 0.5) is 0 Å². The molecule has 1 amide bonds. The molecule has 78 valence electrons. The van der Waals surface area contributed by atoms with E-state index in [9.17, 15) is 4.79 Å². The van der Waals surface area contributed by atoms with E-state index in [0.29, 0.717) is 6.54 Å². The maximum absolute atomic E-state index is 10.4. The number of likely N-dealkylation sites (N-methyl/N-ethyl adjacent to an activating group) is 1. The number of carbonyl (C=O) groups excluding carboxylic acids is 1. The minimum atomic E-state index is -4.64. The number of nitrogens with zero attached hydrogens (tertiary/aromatic N) is 1. The molecule has 1 aliphatic heterocycles. The first-order valence-electron chi connectivity index (χ1n) is 3.08. The first kappa shape index (κ1) is 16.5. The van der Waals surface area contributed by atoms with E-state index in [1.807, 2.05) is 0 Å². The second-order valence-corrected chi connectivity index (χ2v) is 3.29. The summed E-state index contributed by atoms with van der Waals surface area (Å²) in [5, 5.41) is 9.32. The normalized spacial score (nSPS) is 15.3. The number of amides is 1. The average molecular weight is 235 g/mol. The molecule has 1 aliphatic rings. The van der Waals surface area contributed by atoms with Crippen LogP contribution < -0.4 is 5.32 Å². The molecule has 8 nitrogen and oxygen atoms in total. The van der Waals surface area contributed by atoms with Gasteiger partial charge in [-0.25, -0.2) is 4.57 Å². The fraction of sp³-hybridized carbons (Fsp3) is 0.500. The molecule has 5 N–H and O–H groups in total. The molecular formula is C4H11N3NaO5P. The van der Waals surface area contributed by atoms with Crippen LogP contribution in [0.3, 0.4) is 0 Å². The van der Waals surface area contributed by atoms with E-state index in [0.717, 1.165) is 0 Å². The van der Waals surface area contributed by atoms with Gasteiger partial charge in [-0.15, -0.1) is 0 Å². The molecule has 0 aliphatic carbocycles. The van der Waals surface area contributed by atoms with Crippen molar-refractivity contribution in [2.24, 2.45) is 0 Å². The molecule has 0 radical (unpaired) electrons. The van der Waals surface area contributed by atoms with Crippen molar-refractivity contribution in [2.75, 3.05) is 13.6 Å². The Kier molecular flexibility index (Phi) is 7.67. The standard InChI is InChI=1S/C4H7N3O.Na.H3O4P.H/c1-7-2-3(8)6-4(7)5;;1-5(2,3)4;/h2H2,1H3,(H2,5,6,8);;(H3,1,2,3,4);. The van der Waals surface area contributed by atoms with Gasteiger partial charge in [0.1, 0.15) is 0 Å². The van der Waals surface area contributed by atoms with Crippen molar-refractivity contribution >= 4 is 49.2 Å². The molecule has 0 aromatic rings. The van der Waals surface area contributed by atoms with Crippen molar-refractivity contribution in [1.29, 1.82) is 5.41 Å². The van der Waals surface area contributed by atoms with Gasteiger partial charge in [-0.2, -0.15) is 0 Å². The number of carbonyl (C=O) groups is 1. The third-order valence-electron chi connectivity index (χ3n) is 1.02. The van der Waals surface area contributed by atoms with E-state index in [1.54, 1.807) is 11.9 Å². The predicted octanol–water partition coefficient (Wildman–Crippen LogP) is -2.59. The summed E-state index contributed by atoms with van der Waals surface area (Å²) < 4.78 is 8.88. The van der Waals surface area contributed by atoms with Crippen molar-refractivity contribution in [2.45, 2.75) is 0 Å². The summed E-state index contributed by atoms with van der Waals surface area (Å²) in [6.45, 7) is 0.318. The van der Waals surface area contributed by atoms with Crippen LogP contribution in [0.25, 0.3) is 0 Å². The Labute approximate surface area is 102 Å². The minimum absolute atomic E-state index is 0. The van der Waals surface area contributed by atoms with Crippen LogP contribution in [0.1, 0.15) is 0 Å². The SMILES string of the molecule is CN1CC(=O)NC1=N.O=P(O)(O)O.[NaH]. The van der Waals surface area contributed by atoms with Gasteiger partial charge in [-0.3, -0.25) is 15.5 Å². The van der Waals surface area contributed by atoms with E-state index < -0.39 is 7.82 Å². The van der Waals surface area contributed by atoms with Gasteiger partial charge in [-0.1, -0.05) is 0 Å². The molecule has 14 heavy (non-hydrogen) atoms. The third kappa shape index (κ3) is 10.1. The van der Waals surface area contributed by atoms with Crippen LogP contribution in [-0.4, -0.2) is 74.6 Å². The van der Waals surface area contributed by atoms with Gasteiger partial charge in [0, 0.05) is 7.05 Å². The predicted molar refractivity (Wildman–Crippen MR) is 49.9 cm³/mol. The molecule has 0 unspecified atom stereocenters. The van der Waals surface area contributed by atoms with E-state index >= 15 is 0 Å². The van der Waals surface area contributed by atoms with Crippen molar-refractivity contribution in [3.05, 3.63) is 0 Å². The maximum atomic E-state index is 10.4. The van der Waals surface area contributed by atoms with E-state index in [2.05, 4.69) is 5.32 Å². The van der Waals surface area contributed by atoms with Crippen molar-refractivity contribution in [3.63, 3.8) is 0 Å². The summed E-state index contributed by atoms with van der Waals surface area (Å²) >= 11 is 0. The van der Waals surface area contributed by atoms with Gasteiger partial charge in [0.25, 0.3) is 0 Å². The fourth-order valence-electron chi connectivity index (χ4n) is 0.561. The topological polar surface area (TPSA) is 134 Å². The van der Waals surface area contributed by atoms with Crippen LogP contribution >= 0.6 is 7.82 Å². The third-order valence-corrected chi connectivity index (χ3v) is 1.02. The van der Waals surface area contributed by atoms with Crippen molar-refractivity contribution < 1.29 is 24.0 Å². The Balaban J connectivity index is 0. The molecule has 0 aromatic carbocycles. The number of nitrogens with one attached hydrogen (secondary N) is 2. The van der Waals surface area contributed by atoms with Gasteiger partial charge in [0.05, 0.1) is 6.54 Å². The zero-order chi connectivity index (χ0) is 10.6. The van der Waals surface area contributed by atoms with Gasteiger partial charge >= 0.3 is 37.4 Å². The molecule has 1 saturated heterocycles. The second-order valence-electron chi connectivity index (χ2n) is 2.27. The summed E-state index contributed by atoms with van der Waals surface area (Å²) in [5.41, 5.74) is 0. The van der Waals surface area contributed by atoms with Gasteiger partial charge in [-0.05, 0) is 0 Å². The van der Waals surface area contributed by atoms with Crippen LogP contribution in [0.15, 0.2) is 0 Å².